The topological polar surface area (TPSA) is 41.3 Å². The average Bonchev–Trinajstić information content (AvgIpc) is 2.76. The fraction of sp³-hybridized carbons (Fsp3) is 0.750. The Bertz CT molecular complexity index is 316. The minimum Gasteiger partial charge on any atom is -0.396 e. The van der Waals surface area contributed by atoms with Crippen molar-refractivity contribution in [3.05, 3.63) is 18.0 Å². The molecule has 0 aromatic carbocycles. The molecule has 90 valence electrons. The molecule has 2 rings (SSSR count). The number of aromatic nitrogens is 2. The van der Waals surface area contributed by atoms with Crippen LogP contribution >= 0.6 is 0 Å². The Kier molecular flexibility index (Phi) is 3.96. The number of aryl methyl sites for hydroxylation is 1. The third kappa shape index (κ3) is 2.83. The van der Waals surface area contributed by atoms with Gasteiger partial charge in [0.2, 0.25) is 0 Å². The van der Waals surface area contributed by atoms with Crippen molar-refractivity contribution in [2.45, 2.75) is 31.7 Å². The van der Waals surface area contributed by atoms with Gasteiger partial charge >= 0.3 is 0 Å². The molecule has 4 heteroatoms. The van der Waals surface area contributed by atoms with E-state index in [1.165, 1.54) is 18.4 Å². The van der Waals surface area contributed by atoms with E-state index in [0.29, 0.717) is 6.04 Å². The Morgan fingerprint density at radius 2 is 2.19 bits per heavy atom. The van der Waals surface area contributed by atoms with Gasteiger partial charge in [0.25, 0.3) is 0 Å². The zero-order chi connectivity index (χ0) is 11.4. The van der Waals surface area contributed by atoms with Gasteiger partial charge in [-0.3, -0.25) is 4.68 Å². The third-order valence-electron chi connectivity index (χ3n) is 3.34. The van der Waals surface area contributed by atoms with Gasteiger partial charge in [-0.2, -0.15) is 5.10 Å². The van der Waals surface area contributed by atoms with Crippen molar-refractivity contribution in [3.8, 4) is 0 Å². The van der Waals surface area contributed by atoms with Gasteiger partial charge in [0.05, 0.1) is 12.2 Å². The van der Waals surface area contributed by atoms with E-state index in [-0.39, 0.29) is 6.61 Å². The molecule has 0 bridgehead atoms. The second-order valence-corrected chi connectivity index (χ2v) is 4.69. The predicted octanol–water partition coefficient (Wildman–Crippen LogP) is 1.07. The average molecular weight is 223 g/mol. The first-order chi connectivity index (χ1) is 7.79. The summed E-state index contributed by atoms with van der Waals surface area (Å²) in [6, 6.07) is 0.569. The predicted molar refractivity (Wildman–Crippen MR) is 63.4 cm³/mol. The van der Waals surface area contributed by atoms with Gasteiger partial charge in [0, 0.05) is 12.8 Å². The van der Waals surface area contributed by atoms with Crippen molar-refractivity contribution in [1.82, 2.24) is 14.7 Å². The van der Waals surface area contributed by atoms with E-state index < -0.39 is 0 Å². The molecule has 0 saturated carbocycles. The summed E-state index contributed by atoms with van der Waals surface area (Å²) in [6.07, 6.45) is 8.23. The number of nitrogens with zero attached hydrogens (tertiary/aromatic N) is 3. The normalized spacial score (nSPS) is 19.1. The van der Waals surface area contributed by atoms with Crippen molar-refractivity contribution in [1.29, 1.82) is 0 Å². The van der Waals surface area contributed by atoms with Crippen LogP contribution in [0.2, 0.25) is 0 Å². The van der Waals surface area contributed by atoms with Crippen molar-refractivity contribution in [3.63, 3.8) is 0 Å². The summed E-state index contributed by atoms with van der Waals surface area (Å²) < 4.78 is 2.11. The molecule has 0 atom stereocenters. The quantitative estimate of drug-likeness (QED) is 0.830. The lowest BCUT2D eigenvalue weighted by molar-refractivity contribution is 0.212. The smallest absolute Gasteiger partial charge is 0.0543 e. The molecule has 16 heavy (non-hydrogen) atoms. The second kappa shape index (κ2) is 5.46. The van der Waals surface area contributed by atoms with Crippen LogP contribution in [0, 0.1) is 0 Å². The SMILES string of the molecule is CN1CCC(n2cc(CCCO)cn2)CC1. The Balaban J connectivity index is 1.91. The number of aliphatic hydroxyl groups excluding tert-OH is 1. The van der Waals surface area contributed by atoms with E-state index in [1.54, 1.807) is 0 Å². The number of rotatable bonds is 4. The molecule has 1 saturated heterocycles. The highest BCUT2D eigenvalue weighted by molar-refractivity contribution is 5.04. The van der Waals surface area contributed by atoms with Crippen molar-refractivity contribution in [2.75, 3.05) is 26.7 Å². The lowest BCUT2D eigenvalue weighted by atomic mass is 10.1. The highest BCUT2D eigenvalue weighted by atomic mass is 16.2. The van der Waals surface area contributed by atoms with Gasteiger partial charge in [-0.1, -0.05) is 0 Å². The molecule has 1 aromatic rings. The molecule has 2 heterocycles. The fourth-order valence-corrected chi connectivity index (χ4v) is 2.25. The first kappa shape index (κ1) is 11.6. The van der Waals surface area contributed by atoms with Crippen LogP contribution in [0.5, 0.6) is 0 Å². The fourth-order valence-electron chi connectivity index (χ4n) is 2.25. The number of hydrogen-bond donors (Lipinski definition) is 1. The van der Waals surface area contributed by atoms with Gasteiger partial charge in [-0.05, 0) is 51.4 Å². The molecule has 1 N–H and O–H groups in total. The van der Waals surface area contributed by atoms with Gasteiger partial charge < -0.3 is 10.0 Å². The Morgan fingerprint density at radius 1 is 1.44 bits per heavy atom. The zero-order valence-corrected chi connectivity index (χ0v) is 9.97. The zero-order valence-electron chi connectivity index (χ0n) is 9.97. The summed E-state index contributed by atoms with van der Waals surface area (Å²) >= 11 is 0. The van der Waals surface area contributed by atoms with Crippen LogP contribution in [0.1, 0.15) is 30.9 Å². The Labute approximate surface area is 96.9 Å². The first-order valence-electron chi connectivity index (χ1n) is 6.12. The summed E-state index contributed by atoms with van der Waals surface area (Å²) in [4.78, 5) is 2.37. The molecule has 0 aliphatic carbocycles. The van der Waals surface area contributed by atoms with Crippen LogP contribution in [0.25, 0.3) is 0 Å². The molecule has 1 aromatic heterocycles. The molecule has 1 aliphatic rings. The molecule has 1 aliphatic heterocycles. The molecule has 4 nitrogen and oxygen atoms in total. The summed E-state index contributed by atoms with van der Waals surface area (Å²) in [5, 5.41) is 13.2. The minimum absolute atomic E-state index is 0.263. The maximum atomic E-state index is 8.78. The lowest BCUT2D eigenvalue weighted by Gasteiger charge is -2.28. The molecule has 0 amide bonds. The van der Waals surface area contributed by atoms with E-state index in [9.17, 15) is 0 Å². The Hall–Kier alpha value is -0.870. The molecule has 1 fully saturated rings. The lowest BCUT2D eigenvalue weighted by Crippen LogP contribution is -2.31. The van der Waals surface area contributed by atoms with Crippen molar-refractivity contribution in [2.24, 2.45) is 0 Å². The number of piperidine rings is 1. The van der Waals surface area contributed by atoms with Crippen LogP contribution in [-0.2, 0) is 6.42 Å². The summed E-state index contributed by atoms with van der Waals surface area (Å²) in [5.74, 6) is 0. The standard InChI is InChI=1S/C12H21N3O/c1-14-6-4-12(5-7-14)15-10-11(9-13-15)3-2-8-16/h9-10,12,16H,2-8H2,1H3. The van der Waals surface area contributed by atoms with Crippen LogP contribution in [0.4, 0.5) is 0 Å². The highest BCUT2D eigenvalue weighted by Crippen LogP contribution is 2.21. The van der Waals surface area contributed by atoms with E-state index in [4.69, 9.17) is 5.11 Å². The molecular formula is C12H21N3O. The van der Waals surface area contributed by atoms with E-state index >= 15 is 0 Å². The number of hydrogen-bond acceptors (Lipinski definition) is 3. The molecule has 0 unspecified atom stereocenters. The van der Waals surface area contributed by atoms with E-state index in [2.05, 4.69) is 27.9 Å². The largest absolute Gasteiger partial charge is 0.396 e. The highest BCUT2D eigenvalue weighted by Gasteiger charge is 2.18. The van der Waals surface area contributed by atoms with E-state index in [1.807, 2.05) is 6.20 Å². The first-order valence-corrected chi connectivity index (χ1v) is 6.12. The van der Waals surface area contributed by atoms with Crippen LogP contribution < -0.4 is 0 Å². The second-order valence-electron chi connectivity index (χ2n) is 4.69. The number of likely N-dealkylation sites (tertiary alicyclic amines) is 1. The molecule has 0 spiro atoms. The van der Waals surface area contributed by atoms with Gasteiger partial charge in [0.15, 0.2) is 0 Å². The van der Waals surface area contributed by atoms with Crippen molar-refractivity contribution >= 4 is 0 Å². The minimum atomic E-state index is 0.263. The summed E-state index contributed by atoms with van der Waals surface area (Å²) in [7, 11) is 2.17. The maximum absolute atomic E-state index is 8.78. The summed E-state index contributed by atoms with van der Waals surface area (Å²) in [6.45, 7) is 2.59. The third-order valence-corrected chi connectivity index (χ3v) is 3.34. The number of aliphatic hydroxyl groups is 1. The monoisotopic (exact) mass is 223 g/mol. The van der Waals surface area contributed by atoms with Gasteiger partial charge in [-0.15, -0.1) is 0 Å². The maximum Gasteiger partial charge on any atom is 0.0543 e. The summed E-state index contributed by atoms with van der Waals surface area (Å²) in [5.41, 5.74) is 1.24. The van der Waals surface area contributed by atoms with Gasteiger partial charge in [0.1, 0.15) is 0 Å². The van der Waals surface area contributed by atoms with Crippen molar-refractivity contribution < 1.29 is 5.11 Å². The van der Waals surface area contributed by atoms with Crippen LogP contribution in [0.15, 0.2) is 12.4 Å². The van der Waals surface area contributed by atoms with Gasteiger partial charge in [-0.25, -0.2) is 0 Å². The molecule has 0 radical (unpaired) electrons. The van der Waals surface area contributed by atoms with Crippen LogP contribution in [-0.4, -0.2) is 46.5 Å². The molecular weight excluding hydrogens is 202 g/mol. The Morgan fingerprint density at radius 3 is 2.88 bits per heavy atom. The van der Waals surface area contributed by atoms with Crippen LogP contribution in [0.3, 0.4) is 0 Å². The van der Waals surface area contributed by atoms with E-state index in [0.717, 1.165) is 25.9 Å².